The zero-order valence-corrected chi connectivity index (χ0v) is 12.8. The van der Waals surface area contributed by atoms with Crippen molar-refractivity contribution in [2.45, 2.75) is 43.0 Å². The van der Waals surface area contributed by atoms with Crippen LogP contribution in [0.3, 0.4) is 0 Å². The van der Waals surface area contributed by atoms with Crippen LogP contribution < -0.4 is 10.6 Å². The molecule has 0 unspecified atom stereocenters. The number of hydrogen-bond acceptors (Lipinski definition) is 3. The van der Waals surface area contributed by atoms with Gasteiger partial charge in [-0.1, -0.05) is 6.42 Å². The Hall–Kier alpha value is 0.0900. The number of urea groups is 1. The van der Waals surface area contributed by atoms with E-state index in [9.17, 15) is 9.59 Å². The summed E-state index contributed by atoms with van der Waals surface area (Å²) >= 11 is 1.87. The van der Waals surface area contributed by atoms with Crippen LogP contribution in [0, 0.1) is 0 Å². The molecule has 0 saturated carbocycles. The van der Waals surface area contributed by atoms with Gasteiger partial charge in [0.25, 0.3) is 0 Å². The number of carboxylic acid groups (broad SMARTS) is 1. The number of aliphatic carboxylic acids is 1. The smallest absolute Gasteiger partial charge is 0.315 e. The third-order valence-corrected chi connectivity index (χ3v) is 4.58. The fourth-order valence-corrected chi connectivity index (χ4v) is 3.81. The number of nitrogens with one attached hydrogen (secondary N) is 2. The van der Waals surface area contributed by atoms with Crippen LogP contribution in [-0.4, -0.2) is 69.8 Å². The molecule has 2 heterocycles. The van der Waals surface area contributed by atoms with E-state index < -0.39 is 5.97 Å². The van der Waals surface area contributed by atoms with Crippen molar-refractivity contribution in [2.24, 2.45) is 0 Å². The van der Waals surface area contributed by atoms with Gasteiger partial charge < -0.3 is 15.7 Å². The van der Waals surface area contributed by atoms with Crippen molar-refractivity contribution >= 4 is 53.3 Å². The summed E-state index contributed by atoms with van der Waals surface area (Å²) < 4.78 is 0. The first-order chi connectivity index (χ1) is 7.66. The van der Waals surface area contributed by atoms with Crippen LogP contribution in [0.15, 0.2) is 0 Å². The van der Waals surface area contributed by atoms with Crippen molar-refractivity contribution in [2.75, 3.05) is 5.75 Å². The van der Waals surface area contributed by atoms with Crippen LogP contribution in [0.1, 0.15) is 25.7 Å². The number of hydrogen-bond donors (Lipinski definition) is 3. The molecule has 1 radical (unpaired) electrons. The Bertz CT molecular complexity index is 303. The summed E-state index contributed by atoms with van der Waals surface area (Å²) in [7, 11) is 0. The Morgan fingerprint density at radius 1 is 1.41 bits per heavy atom. The molecule has 3 N–H and O–H groups in total. The molecule has 0 aromatic carbocycles. The van der Waals surface area contributed by atoms with Gasteiger partial charge in [0.05, 0.1) is 12.1 Å². The van der Waals surface area contributed by atoms with Gasteiger partial charge in [0.15, 0.2) is 0 Å². The monoisotopic (exact) mass is 267 g/mol. The van der Waals surface area contributed by atoms with Crippen LogP contribution >= 0.6 is 11.8 Å². The molecule has 2 rings (SSSR count). The predicted molar refractivity (Wildman–Crippen MR) is 67.3 cm³/mol. The van der Waals surface area contributed by atoms with Crippen LogP contribution in [-0.2, 0) is 4.79 Å². The summed E-state index contributed by atoms with van der Waals surface area (Å²) in [5.41, 5.74) is 0. The Morgan fingerprint density at radius 2 is 2.18 bits per heavy atom. The second kappa shape index (κ2) is 6.87. The number of fused-ring (bicyclic) bond motifs is 1. The fraction of sp³-hybridized carbons (Fsp3) is 0.800. The topological polar surface area (TPSA) is 78.4 Å². The molecule has 2 aliphatic rings. The van der Waals surface area contributed by atoms with E-state index in [2.05, 4.69) is 10.6 Å². The Kier molecular flexibility index (Phi) is 6.12. The number of carboxylic acids is 1. The first-order valence-corrected chi connectivity index (χ1v) is 6.62. The predicted octanol–water partition coefficient (Wildman–Crippen LogP) is 0.416. The summed E-state index contributed by atoms with van der Waals surface area (Å²) in [6.07, 6.45) is 2.88. The van der Waals surface area contributed by atoms with E-state index in [0.717, 1.165) is 25.0 Å². The van der Waals surface area contributed by atoms with Gasteiger partial charge in [-0.05, 0) is 12.8 Å². The maximum absolute atomic E-state index is 11.1. The molecule has 0 spiro atoms. The van der Waals surface area contributed by atoms with Gasteiger partial charge in [0.1, 0.15) is 0 Å². The van der Waals surface area contributed by atoms with Gasteiger partial charge in [-0.2, -0.15) is 11.8 Å². The number of carbonyl (C=O) groups excluding carboxylic acids is 1. The van der Waals surface area contributed by atoms with E-state index in [1.807, 2.05) is 11.8 Å². The van der Waals surface area contributed by atoms with Crippen molar-refractivity contribution in [1.82, 2.24) is 10.6 Å². The van der Waals surface area contributed by atoms with Crippen molar-refractivity contribution < 1.29 is 14.7 Å². The van der Waals surface area contributed by atoms with Gasteiger partial charge in [-0.15, -0.1) is 0 Å². The zero-order valence-electron chi connectivity index (χ0n) is 9.94. The van der Waals surface area contributed by atoms with E-state index in [1.54, 1.807) is 0 Å². The summed E-state index contributed by atoms with van der Waals surface area (Å²) in [6.45, 7) is 0. The van der Waals surface area contributed by atoms with Gasteiger partial charge in [0, 0.05) is 47.0 Å². The van der Waals surface area contributed by atoms with Gasteiger partial charge in [0.2, 0.25) is 0 Å². The van der Waals surface area contributed by atoms with Crippen molar-refractivity contribution in [3.8, 4) is 0 Å². The maximum Gasteiger partial charge on any atom is 0.315 e. The minimum Gasteiger partial charge on any atom is -0.481 e. The van der Waals surface area contributed by atoms with E-state index >= 15 is 0 Å². The minimum atomic E-state index is -0.729. The minimum absolute atomic E-state index is 0. The number of amides is 2. The summed E-state index contributed by atoms with van der Waals surface area (Å²) in [4.78, 5) is 21.5. The standard InChI is InChI=1S/C10H16N2O3S.Na/c13-8(14)4-2-1-3-7-9-6(5-16-7)11-10(15)12-9;/h6-7,9H,1-5H2,(H,13,14)(H2,11,12,15);/t6-,7-,9-;/m0./s1. The van der Waals surface area contributed by atoms with E-state index in [0.29, 0.717) is 5.25 Å². The normalized spacial score (nSPS) is 30.1. The summed E-state index contributed by atoms with van der Waals surface area (Å²) in [5.74, 6) is 0.236. The first kappa shape index (κ1) is 15.1. The van der Waals surface area contributed by atoms with Gasteiger partial charge in [-0.25, -0.2) is 4.79 Å². The zero-order chi connectivity index (χ0) is 11.5. The molecule has 0 aromatic rings. The molecule has 91 valence electrons. The molecule has 0 aromatic heterocycles. The quantitative estimate of drug-likeness (QED) is 0.383. The SMILES string of the molecule is O=C(O)CCCC[C@@H]1SC[C@@H]2NC(=O)N[C@@H]21.[Na]. The first-order valence-electron chi connectivity index (χ1n) is 5.57. The largest absolute Gasteiger partial charge is 0.481 e. The molecule has 2 fully saturated rings. The average Bonchev–Trinajstić information content (AvgIpc) is 2.72. The molecule has 17 heavy (non-hydrogen) atoms. The molecule has 2 amide bonds. The summed E-state index contributed by atoms with van der Waals surface area (Å²) in [5, 5.41) is 14.8. The molecule has 5 nitrogen and oxygen atoms in total. The van der Waals surface area contributed by atoms with Crippen molar-refractivity contribution in [3.63, 3.8) is 0 Å². The second-order valence-electron chi connectivity index (χ2n) is 4.26. The number of thioether (sulfide) groups is 1. The molecule has 3 atom stereocenters. The Labute approximate surface area is 127 Å². The van der Waals surface area contributed by atoms with E-state index in [-0.39, 0.29) is 54.1 Å². The fourth-order valence-electron chi connectivity index (χ4n) is 2.26. The maximum atomic E-state index is 11.1. The molecule has 2 aliphatic heterocycles. The number of rotatable bonds is 5. The third kappa shape index (κ3) is 4.05. The molecular formula is C10H16N2NaO3S. The van der Waals surface area contributed by atoms with Crippen molar-refractivity contribution in [3.05, 3.63) is 0 Å². The van der Waals surface area contributed by atoms with Gasteiger partial charge >= 0.3 is 12.0 Å². The molecule has 2 saturated heterocycles. The number of unbranched alkanes of at least 4 members (excludes halogenated alkanes) is 1. The summed E-state index contributed by atoms with van der Waals surface area (Å²) in [6, 6.07) is 0.440. The Balaban J connectivity index is 0.00000144. The van der Waals surface area contributed by atoms with Crippen LogP contribution in [0.5, 0.6) is 0 Å². The van der Waals surface area contributed by atoms with Crippen molar-refractivity contribution in [1.29, 1.82) is 0 Å². The Morgan fingerprint density at radius 3 is 2.88 bits per heavy atom. The molecular weight excluding hydrogens is 251 g/mol. The van der Waals surface area contributed by atoms with E-state index in [4.69, 9.17) is 5.11 Å². The van der Waals surface area contributed by atoms with Gasteiger partial charge in [-0.3, -0.25) is 4.79 Å². The molecule has 7 heteroatoms. The van der Waals surface area contributed by atoms with Crippen LogP contribution in [0.4, 0.5) is 4.79 Å². The van der Waals surface area contributed by atoms with Crippen LogP contribution in [0.2, 0.25) is 0 Å². The number of carbonyl (C=O) groups is 2. The van der Waals surface area contributed by atoms with Crippen LogP contribution in [0.25, 0.3) is 0 Å². The molecule has 0 aliphatic carbocycles. The second-order valence-corrected chi connectivity index (χ2v) is 5.53. The third-order valence-electron chi connectivity index (χ3n) is 3.07. The van der Waals surface area contributed by atoms with E-state index in [1.165, 1.54) is 0 Å². The average molecular weight is 267 g/mol. The molecule has 0 bridgehead atoms.